The van der Waals surface area contributed by atoms with Gasteiger partial charge in [0.25, 0.3) is 0 Å². The minimum absolute atomic E-state index is 0.144. The average Bonchev–Trinajstić information content (AvgIpc) is 2.33. The second-order valence-corrected chi connectivity index (χ2v) is 12.7. The molecule has 0 aromatic heterocycles. The molecule has 0 aliphatic rings. The first-order valence-corrected chi connectivity index (χ1v) is 10.9. The van der Waals surface area contributed by atoms with Crippen molar-refractivity contribution in [3.05, 3.63) is 0 Å². The summed E-state index contributed by atoms with van der Waals surface area (Å²) in [6.07, 6.45) is -1.23. The molecule has 0 rings (SSSR count). The Morgan fingerprint density at radius 3 is 2.05 bits per heavy atom. The zero-order chi connectivity index (χ0) is 17.1. The van der Waals surface area contributed by atoms with Crippen molar-refractivity contribution in [2.24, 2.45) is 0 Å². The molecule has 0 bridgehead atoms. The molecule has 0 fully saturated rings. The monoisotopic (exact) mass is 336 g/mol. The summed E-state index contributed by atoms with van der Waals surface area (Å²) in [5, 5.41) is 9.96. The van der Waals surface area contributed by atoms with Gasteiger partial charge in [0, 0.05) is 0 Å². The van der Waals surface area contributed by atoms with E-state index in [2.05, 4.69) is 4.74 Å². The van der Waals surface area contributed by atoms with Crippen LogP contribution >= 0.6 is 11.8 Å². The van der Waals surface area contributed by atoms with E-state index in [0.29, 0.717) is 5.75 Å². The van der Waals surface area contributed by atoms with Gasteiger partial charge in [-0.15, -0.1) is 0 Å². The third-order valence-corrected chi connectivity index (χ3v) is 9.05. The summed E-state index contributed by atoms with van der Waals surface area (Å²) < 4.78 is 10.6. The van der Waals surface area contributed by atoms with Crippen molar-refractivity contribution in [3.63, 3.8) is 0 Å². The Kier molecular flexibility index (Phi) is 7.13. The van der Waals surface area contributed by atoms with Crippen LogP contribution in [0, 0.1) is 0 Å². The molecule has 7 heteroatoms. The number of hydrogen-bond donors (Lipinski definition) is 1. The fourth-order valence-corrected chi connectivity index (χ4v) is 3.47. The third kappa shape index (κ3) is 5.09. The van der Waals surface area contributed by atoms with Crippen LogP contribution in [0.25, 0.3) is 0 Å². The molecule has 124 valence electrons. The van der Waals surface area contributed by atoms with Crippen molar-refractivity contribution < 1.29 is 23.9 Å². The average molecular weight is 337 g/mol. The van der Waals surface area contributed by atoms with E-state index in [9.17, 15) is 14.7 Å². The Balaban J connectivity index is 5.56. The van der Waals surface area contributed by atoms with E-state index >= 15 is 0 Å². The Bertz CT molecular complexity index is 387. The highest BCUT2D eigenvalue weighted by atomic mass is 32.2. The Hall–Kier alpha value is -0.373. The molecular formula is C14H28O5SSi. The summed E-state index contributed by atoms with van der Waals surface area (Å²) in [4.78, 5) is 24.1. The highest BCUT2D eigenvalue weighted by molar-refractivity contribution is 8.13. The Labute approximate surface area is 132 Å². The normalized spacial score (nSPS) is 17.0. The van der Waals surface area contributed by atoms with Gasteiger partial charge in [-0.2, -0.15) is 0 Å². The van der Waals surface area contributed by atoms with E-state index in [1.165, 1.54) is 14.0 Å². The van der Waals surface area contributed by atoms with E-state index in [1.54, 1.807) is 0 Å². The lowest BCUT2D eigenvalue weighted by Gasteiger charge is -2.41. The van der Waals surface area contributed by atoms with Gasteiger partial charge in [-0.25, -0.2) is 4.79 Å². The van der Waals surface area contributed by atoms with Crippen LogP contribution in [0.2, 0.25) is 18.1 Å². The molecule has 0 aromatic rings. The molecule has 0 spiro atoms. The first-order valence-electron chi connectivity index (χ1n) is 6.96. The van der Waals surface area contributed by atoms with Gasteiger partial charge in [0.15, 0.2) is 20.0 Å². The van der Waals surface area contributed by atoms with Gasteiger partial charge in [-0.05, 0) is 30.8 Å². The van der Waals surface area contributed by atoms with E-state index < -0.39 is 26.0 Å². The second-order valence-electron chi connectivity index (χ2n) is 6.65. The minimum atomic E-state index is -2.33. The van der Waals surface area contributed by atoms with Crippen LogP contribution in [-0.4, -0.2) is 49.1 Å². The van der Waals surface area contributed by atoms with Gasteiger partial charge in [0.2, 0.25) is 5.12 Å². The summed E-state index contributed by atoms with van der Waals surface area (Å²) >= 11 is 1.04. The first-order chi connectivity index (χ1) is 9.31. The third-order valence-electron chi connectivity index (χ3n) is 3.83. The maximum atomic E-state index is 12.3. The van der Waals surface area contributed by atoms with E-state index in [-0.39, 0.29) is 10.2 Å². The summed E-state index contributed by atoms with van der Waals surface area (Å²) in [5.41, 5.74) is -2.00. The van der Waals surface area contributed by atoms with Gasteiger partial charge >= 0.3 is 5.97 Å². The SMILES string of the molecule is CCSC(=O)[C@H](O[Si](C)(C)C(C)(C)C)[C@@](C)(O)C(=O)OC. The van der Waals surface area contributed by atoms with Crippen molar-refractivity contribution in [1.82, 2.24) is 0 Å². The number of carbonyl (C=O) groups excluding carboxylic acids is 2. The predicted molar refractivity (Wildman–Crippen MR) is 87.8 cm³/mol. The molecule has 0 saturated heterocycles. The molecular weight excluding hydrogens is 308 g/mol. The minimum Gasteiger partial charge on any atom is -0.467 e. The second kappa shape index (κ2) is 7.26. The van der Waals surface area contributed by atoms with Crippen LogP contribution in [0.3, 0.4) is 0 Å². The predicted octanol–water partition coefficient (Wildman–Crippen LogP) is 2.58. The standard InChI is InChI=1S/C14H28O5SSi/c1-9-20-11(15)10(14(5,17)12(16)18-6)19-21(7,8)13(2,3)4/h10,17H,9H2,1-8H3/t10-,14+/m0/s1. The van der Waals surface area contributed by atoms with Crippen LogP contribution in [0.1, 0.15) is 34.6 Å². The summed E-state index contributed by atoms with van der Waals surface area (Å²) in [6, 6.07) is 0. The van der Waals surface area contributed by atoms with Crippen molar-refractivity contribution in [2.45, 2.75) is 64.5 Å². The summed E-state index contributed by atoms with van der Waals surface area (Å²) in [7, 11) is -1.15. The quantitative estimate of drug-likeness (QED) is 0.594. The van der Waals surface area contributed by atoms with Crippen LogP contribution in [-0.2, 0) is 18.8 Å². The Morgan fingerprint density at radius 1 is 1.24 bits per heavy atom. The van der Waals surface area contributed by atoms with Crippen molar-refractivity contribution in [1.29, 1.82) is 0 Å². The molecule has 0 aliphatic carbocycles. The molecule has 1 N–H and O–H groups in total. The maximum Gasteiger partial charge on any atom is 0.340 e. The first kappa shape index (κ1) is 20.6. The largest absolute Gasteiger partial charge is 0.467 e. The lowest BCUT2D eigenvalue weighted by Crippen LogP contribution is -2.57. The van der Waals surface area contributed by atoms with Crippen LogP contribution in [0.15, 0.2) is 0 Å². The van der Waals surface area contributed by atoms with Gasteiger partial charge in [-0.1, -0.05) is 39.5 Å². The molecule has 0 saturated carbocycles. The molecule has 5 nitrogen and oxygen atoms in total. The van der Waals surface area contributed by atoms with Crippen molar-refractivity contribution in [2.75, 3.05) is 12.9 Å². The molecule has 0 heterocycles. The van der Waals surface area contributed by atoms with E-state index in [1.807, 2.05) is 40.8 Å². The molecule has 0 aromatic carbocycles. The smallest absolute Gasteiger partial charge is 0.340 e. The van der Waals surface area contributed by atoms with Crippen molar-refractivity contribution >= 4 is 31.2 Å². The molecule has 21 heavy (non-hydrogen) atoms. The number of aliphatic hydroxyl groups is 1. The lowest BCUT2D eigenvalue weighted by molar-refractivity contribution is -0.172. The van der Waals surface area contributed by atoms with E-state index in [4.69, 9.17) is 4.43 Å². The number of rotatable bonds is 6. The fraction of sp³-hybridized carbons (Fsp3) is 0.857. The van der Waals surface area contributed by atoms with E-state index in [0.717, 1.165) is 11.8 Å². The highest BCUT2D eigenvalue weighted by Gasteiger charge is 2.50. The Morgan fingerprint density at radius 2 is 1.71 bits per heavy atom. The van der Waals surface area contributed by atoms with Gasteiger partial charge in [-0.3, -0.25) is 4.79 Å². The zero-order valence-electron chi connectivity index (χ0n) is 14.3. The van der Waals surface area contributed by atoms with Gasteiger partial charge in [0.1, 0.15) is 0 Å². The number of hydrogen-bond acceptors (Lipinski definition) is 6. The van der Waals surface area contributed by atoms with Gasteiger partial charge in [0.05, 0.1) is 7.11 Å². The molecule has 0 aliphatic heterocycles. The number of methoxy groups -OCH3 is 1. The summed E-state index contributed by atoms with van der Waals surface area (Å²) in [5.74, 6) is -0.316. The van der Waals surface area contributed by atoms with Crippen molar-refractivity contribution in [3.8, 4) is 0 Å². The molecule has 0 radical (unpaired) electrons. The fourth-order valence-electron chi connectivity index (χ4n) is 1.40. The number of carbonyl (C=O) groups is 2. The lowest BCUT2D eigenvalue weighted by atomic mass is 10.0. The van der Waals surface area contributed by atoms with Crippen LogP contribution in [0.4, 0.5) is 0 Å². The maximum absolute atomic E-state index is 12.3. The molecule has 0 unspecified atom stereocenters. The number of thioether (sulfide) groups is 1. The number of esters is 1. The molecule has 0 amide bonds. The number of ether oxygens (including phenoxy) is 1. The zero-order valence-corrected chi connectivity index (χ0v) is 16.1. The topological polar surface area (TPSA) is 72.8 Å². The van der Waals surface area contributed by atoms with Crippen LogP contribution in [0.5, 0.6) is 0 Å². The van der Waals surface area contributed by atoms with Gasteiger partial charge < -0.3 is 14.3 Å². The highest BCUT2D eigenvalue weighted by Crippen LogP contribution is 2.39. The molecule has 2 atom stereocenters. The summed E-state index contributed by atoms with van der Waals surface area (Å²) in [6.45, 7) is 13.1. The van der Waals surface area contributed by atoms with Crippen LogP contribution < -0.4 is 0 Å².